The third-order valence-corrected chi connectivity index (χ3v) is 1.77. The maximum Gasteiger partial charge on any atom is 0.265 e. The molecule has 82 valence electrons. The van der Waals surface area contributed by atoms with Crippen molar-refractivity contribution >= 4 is 11.8 Å². The zero-order valence-electron chi connectivity index (χ0n) is 8.49. The number of hydrazine groups is 1. The minimum atomic E-state index is -0.466. The Morgan fingerprint density at radius 2 is 1.88 bits per heavy atom. The molecule has 0 bridgehead atoms. The summed E-state index contributed by atoms with van der Waals surface area (Å²) in [6, 6.07) is 6.52. The molecule has 0 aliphatic rings. The molecular formula is C11H11N3O2. The van der Waals surface area contributed by atoms with Gasteiger partial charge in [-0.25, -0.2) is 5.84 Å². The summed E-state index contributed by atoms with van der Waals surface area (Å²) in [7, 11) is 0. The van der Waals surface area contributed by atoms with E-state index in [1.165, 1.54) is 0 Å². The standard InChI is InChI=1S/C11H11N3O2/c12-10(15)3-1-2-8-4-6-9(7-5-8)11(16)14-13/h4-7H,3,13H2,(H2,12,15)(H,14,16). The number of hydrogen-bond donors (Lipinski definition) is 3. The first-order chi connectivity index (χ1) is 7.63. The van der Waals surface area contributed by atoms with Gasteiger partial charge in [-0.1, -0.05) is 11.8 Å². The summed E-state index contributed by atoms with van der Waals surface area (Å²) in [5, 5.41) is 0. The van der Waals surface area contributed by atoms with E-state index >= 15 is 0 Å². The van der Waals surface area contributed by atoms with Gasteiger partial charge in [0.05, 0.1) is 6.42 Å². The predicted octanol–water partition coefficient (Wildman–Crippen LogP) is -0.483. The van der Waals surface area contributed by atoms with Crippen LogP contribution in [0.1, 0.15) is 22.3 Å². The van der Waals surface area contributed by atoms with Crippen LogP contribution in [0.4, 0.5) is 0 Å². The van der Waals surface area contributed by atoms with Gasteiger partial charge in [0.2, 0.25) is 5.91 Å². The van der Waals surface area contributed by atoms with Crippen LogP contribution in [0.25, 0.3) is 0 Å². The fraction of sp³-hybridized carbons (Fsp3) is 0.0909. The average Bonchev–Trinajstić information content (AvgIpc) is 2.28. The minimum absolute atomic E-state index is 0.0189. The molecule has 0 aliphatic heterocycles. The van der Waals surface area contributed by atoms with E-state index < -0.39 is 5.91 Å². The summed E-state index contributed by atoms with van der Waals surface area (Å²) < 4.78 is 0. The number of nitrogens with one attached hydrogen (secondary N) is 1. The summed E-state index contributed by atoms with van der Waals surface area (Å²) in [5.74, 6) is 9.51. The van der Waals surface area contributed by atoms with E-state index in [0.29, 0.717) is 11.1 Å². The van der Waals surface area contributed by atoms with Crippen LogP contribution in [-0.2, 0) is 4.79 Å². The van der Waals surface area contributed by atoms with E-state index in [-0.39, 0.29) is 12.3 Å². The molecule has 0 saturated heterocycles. The van der Waals surface area contributed by atoms with Crippen molar-refractivity contribution in [1.82, 2.24) is 5.43 Å². The summed E-state index contributed by atoms with van der Waals surface area (Å²) in [4.78, 5) is 21.5. The van der Waals surface area contributed by atoms with E-state index in [2.05, 4.69) is 11.8 Å². The highest BCUT2D eigenvalue weighted by Gasteiger charge is 2.01. The lowest BCUT2D eigenvalue weighted by Crippen LogP contribution is -2.29. The Hall–Kier alpha value is -2.32. The molecule has 0 fully saturated rings. The Bertz CT molecular complexity index is 454. The van der Waals surface area contributed by atoms with Crippen LogP contribution < -0.4 is 17.0 Å². The Labute approximate surface area is 92.8 Å². The summed E-state index contributed by atoms with van der Waals surface area (Å²) >= 11 is 0. The molecule has 0 heterocycles. The number of carbonyl (C=O) groups excluding carboxylic acids is 2. The molecule has 0 atom stereocenters. The molecule has 0 saturated carbocycles. The van der Waals surface area contributed by atoms with Crippen LogP contribution in [0.3, 0.4) is 0 Å². The van der Waals surface area contributed by atoms with Crippen molar-refractivity contribution in [2.75, 3.05) is 0 Å². The highest BCUT2D eigenvalue weighted by Crippen LogP contribution is 2.02. The van der Waals surface area contributed by atoms with E-state index in [4.69, 9.17) is 11.6 Å². The van der Waals surface area contributed by atoms with Gasteiger partial charge in [-0.15, -0.1) is 0 Å². The summed E-state index contributed by atoms with van der Waals surface area (Å²) in [6.07, 6.45) is 0.0189. The summed E-state index contributed by atoms with van der Waals surface area (Å²) in [6.45, 7) is 0. The number of primary amides is 1. The first kappa shape index (κ1) is 11.8. The molecule has 0 radical (unpaired) electrons. The highest BCUT2D eigenvalue weighted by molar-refractivity contribution is 5.93. The molecule has 1 rings (SSSR count). The van der Waals surface area contributed by atoms with E-state index in [1.807, 2.05) is 5.43 Å². The van der Waals surface area contributed by atoms with Crippen molar-refractivity contribution in [3.8, 4) is 11.8 Å². The Morgan fingerprint density at radius 1 is 1.25 bits per heavy atom. The molecule has 5 heteroatoms. The maximum absolute atomic E-state index is 11.1. The lowest BCUT2D eigenvalue weighted by molar-refractivity contribution is -0.117. The molecule has 0 unspecified atom stereocenters. The van der Waals surface area contributed by atoms with Crippen molar-refractivity contribution in [2.45, 2.75) is 6.42 Å². The number of rotatable bonds is 2. The molecule has 5 nitrogen and oxygen atoms in total. The van der Waals surface area contributed by atoms with Gasteiger partial charge in [0.1, 0.15) is 0 Å². The van der Waals surface area contributed by atoms with Gasteiger partial charge in [0.15, 0.2) is 0 Å². The van der Waals surface area contributed by atoms with E-state index in [9.17, 15) is 9.59 Å². The van der Waals surface area contributed by atoms with Crippen LogP contribution in [0, 0.1) is 11.8 Å². The van der Waals surface area contributed by atoms with Crippen LogP contribution in [0.2, 0.25) is 0 Å². The molecule has 0 spiro atoms. The van der Waals surface area contributed by atoms with E-state index in [1.54, 1.807) is 24.3 Å². The second kappa shape index (κ2) is 5.53. The van der Waals surface area contributed by atoms with E-state index in [0.717, 1.165) is 0 Å². The molecular weight excluding hydrogens is 206 g/mol. The maximum atomic E-state index is 11.1. The first-order valence-corrected chi connectivity index (χ1v) is 4.51. The molecule has 16 heavy (non-hydrogen) atoms. The Morgan fingerprint density at radius 3 is 2.38 bits per heavy atom. The normalized spacial score (nSPS) is 8.81. The molecule has 5 N–H and O–H groups in total. The molecule has 0 aromatic heterocycles. The van der Waals surface area contributed by atoms with Crippen LogP contribution in [0.5, 0.6) is 0 Å². The Balaban J connectivity index is 2.74. The van der Waals surface area contributed by atoms with Gasteiger partial charge in [-0.2, -0.15) is 0 Å². The van der Waals surface area contributed by atoms with Gasteiger partial charge < -0.3 is 5.73 Å². The van der Waals surface area contributed by atoms with Crippen molar-refractivity contribution in [3.05, 3.63) is 35.4 Å². The van der Waals surface area contributed by atoms with Crippen LogP contribution in [0.15, 0.2) is 24.3 Å². The van der Waals surface area contributed by atoms with Gasteiger partial charge in [0.25, 0.3) is 5.91 Å². The molecule has 1 aromatic carbocycles. The third kappa shape index (κ3) is 3.44. The zero-order valence-corrected chi connectivity index (χ0v) is 8.49. The van der Waals surface area contributed by atoms with Gasteiger partial charge in [0, 0.05) is 11.1 Å². The first-order valence-electron chi connectivity index (χ1n) is 4.51. The topological polar surface area (TPSA) is 98.2 Å². The Kier molecular flexibility index (Phi) is 4.07. The molecule has 2 amide bonds. The molecule has 1 aromatic rings. The second-order valence-electron chi connectivity index (χ2n) is 3.00. The SMILES string of the molecule is NNC(=O)c1ccc(C#CCC(N)=O)cc1. The van der Waals surface area contributed by atoms with Crippen molar-refractivity contribution in [1.29, 1.82) is 0 Å². The smallest absolute Gasteiger partial charge is 0.265 e. The van der Waals surface area contributed by atoms with Crippen LogP contribution in [-0.4, -0.2) is 11.8 Å². The number of amides is 2. The number of benzene rings is 1. The van der Waals surface area contributed by atoms with Gasteiger partial charge in [-0.3, -0.25) is 15.0 Å². The van der Waals surface area contributed by atoms with Crippen molar-refractivity contribution in [2.24, 2.45) is 11.6 Å². The zero-order chi connectivity index (χ0) is 12.0. The van der Waals surface area contributed by atoms with Crippen LogP contribution >= 0.6 is 0 Å². The lowest BCUT2D eigenvalue weighted by Gasteiger charge is -1.98. The van der Waals surface area contributed by atoms with Crippen molar-refractivity contribution in [3.63, 3.8) is 0 Å². The van der Waals surface area contributed by atoms with Gasteiger partial charge >= 0.3 is 0 Å². The third-order valence-electron chi connectivity index (χ3n) is 1.77. The fourth-order valence-electron chi connectivity index (χ4n) is 1.02. The highest BCUT2D eigenvalue weighted by atomic mass is 16.2. The largest absolute Gasteiger partial charge is 0.369 e. The summed E-state index contributed by atoms with van der Waals surface area (Å²) in [5.41, 5.74) is 8.10. The number of nitrogens with two attached hydrogens (primary N) is 2. The second-order valence-corrected chi connectivity index (χ2v) is 3.00. The van der Waals surface area contributed by atoms with Crippen molar-refractivity contribution < 1.29 is 9.59 Å². The number of nitrogen functional groups attached to an aromatic ring is 1. The monoisotopic (exact) mass is 217 g/mol. The lowest BCUT2D eigenvalue weighted by atomic mass is 10.1. The number of hydrogen-bond acceptors (Lipinski definition) is 3. The molecule has 0 aliphatic carbocycles. The predicted molar refractivity (Wildman–Crippen MR) is 58.8 cm³/mol. The fourth-order valence-corrected chi connectivity index (χ4v) is 1.02. The van der Waals surface area contributed by atoms with Gasteiger partial charge in [-0.05, 0) is 24.3 Å². The quantitative estimate of drug-likeness (QED) is 0.270. The minimum Gasteiger partial charge on any atom is -0.369 e. The average molecular weight is 217 g/mol. The number of carbonyl (C=O) groups is 2.